The van der Waals surface area contributed by atoms with Gasteiger partial charge in [-0.1, -0.05) is 0 Å². The molecule has 2 aliphatic rings. The van der Waals surface area contributed by atoms with Crippen molar-refractivity contribution in [3.05, 3.63) is 23.8 Å². The van der Waals surface area contributed by atoms with Gasteiger partial charge in [-0.3, -0.25) is 4.90 Å². The molecule has 3 rings (SSSR count). The summed E-state index contributed by atoms with van der Waals surface area (Å²) in [5.41, 5.74) is 7.42. The minimum atomic E-state index is 0.221. The van der Waals surface area contributed by atoms with Crippen LogP contribution in [-0.2, 0) is 0 Å². The molecule has 2 heterocycles. The van der Waals surface area contributed by atoms with Gasteiger partial charge in [-0.15, -0.1) is 0 Å². The van der Waals surface area contributed by atoms with Gasteiger partial charge in [-0.05, 0) is 45.2 Å². The maximum absolute atomic E-state index is 6.31. The van der Waals surface area contributed by atoms with Crippen molar-refractivity contribution in [2.45, 2.75) is 50.7 Å². The molecule has 1 aliphatic heterocycles. The molecule has 0 aromatic carbocycles. The van der Waals surface area contributed by atoms with Crippen LogP contribution in [0.1, 0.15) is 43.2 Å². The van der Waals surface area contributed by atoms with Gasteiger partial charge in [0.2, 0.25) is 0 Å². The standard InChI is InChI=1S/C13H20N4/c1-9-15-7-6-12(16-9)13-11(14)3-2-8-17(13)10-4-5-10/h6-7,10-11,13H,2-5,8,14H2,1H3. The molecule has 2 atom stereocenters. The predicted octanol–water partition coefficient (Wildman–Crippen LogP) is 1.41. The molecule has 92 valence electrons. The average Bonchev–Trinajstić information content (AvgIpc) is 3.12. The topological polar surface area (TPSA) is 55.0 Å². The van der Waals surface area contributed by atoms with Crippen molar-refractivity contribution >= 4 is 0 Å². The Morgan fingerprint density at radius 3 is 2.88 bits per heavy atom. The summed E-state index contributed by atoms with van der Waals surface area (Å²) in [6.45, 7) is 3.12. The molecule has 0 spiro atoms. The van der Waals surface area contributed by atoms with Gasteiger partial charge in [0.1, 0.15) is 5.82 Å². The lowest BCUT2D eigenvalue weighted by atomic mass is 9.94. The molecule has 1 saturated carbocycles. The van der Waals surface area contributed by atoms with Crippen LogP contribution in [0.3, 0.4) is 0 Å². The summed E-state index contributed by atoms with van der Waals surface area (Å²) in [6, 6.07) is 3.30. The summed E-state index contributed by atoms with van der Waals surface area (Å²) < 4.78 is 0. The molecule has 2 N–H and O–H groups in total. The Hall–Kier alpha value is -1.00. The van der Waals surface area contributed by atoms with Crippen molar-refractivity contribution in [3.8, 4) is 0 Å². The van der Waals surface area contributed by atoms with Gasteiger partial charge in [0.05, 0.1) is 11.7 Å². The molecule has 2 fully saturated rings. The fourth-order valence-corrected chi connectivity index (χ4v) is 2.90. The monoisotopic (exact) mass is 232 g/mol. The van der Waals surface area contributed by atoms with Crippen molar-refractivity contribution in [1.29, 1.82) is 0 Å². The molecule has 1 saturated heterocycles. The van der Waals surface area contributed by atoms with E-state index in [1.165, 1.54) is 25.8 Å². The van der Waals surface area contributed by atoms with Crippen molar-refractivity contribution in [2.75, 3.05) is 6.54 Å². The molecule has 0 bridgehead atoms. The first-order valence-corrected chi connectivity index (χ1v) is 6.56. The SMILES string of the molecule is Cc1nccc(C2C(N)CCCN2C2CC2)n1. The highest BCUT2D eigenvalue weighted by Gasteiger charge is 2.39. The molecule has 4 nitrogen and oxygen atoms in total. The third-order valence-corrected chi connectivity index (χ3v) is 3.83. The van der Waals surface area contributed by atoms with E-state index in [1.54, 1.807) is 0 Å². The highest BCUT2D eigenvalue weighted by molar-refractivity contribution is 5.13. The lowest BCUT2D eigenvalue weighted by molar-refractivity contribution is 0.116. The zero-order chi connectivity index (χ0) is 11.8. The molecule has 0 amide bonds. The fourth-order valence-electron chi connectivity index (χ4n) is 2.90. The highest BCUT2D eigenvalue weighted by Crippen LogP contribution is 2.38. The van der Waals surface area contributed by atoms with E-state index in [4.69, 9.17) is 5.73 Å². The van der Waals surface area contributed by atoms with Crippen molar-refractivity contribution in [3.63, 3.8) is 0 Å². The van der Waals surface area contributed by atoms with Gasteiger partial charge in [-0.25, -0.2) is 9.97 Å². The molecule has 1 aliphatic carbocycles. The normalized spacial score (nSPS) is 30.5. The number of hydrogen-bond donors (Lipinski definition) is 1. The smallest absolute Gasteiger partial charge is 0.125 e. The summed E-state index contributed by atoms with van der Waals surface area (Å²) in [5, 5.41) is 0. The van der Waals surface area contributed by atoms with E-state index >= 15 is 0 Å². The second-order valence-electron chi connectivity index (χ2n) is 5.25. The van der Waals surface area contributed by atoms with Crippen LogP contribution in [0.2, 0.25) is 0 Å². The quantitative estimate of drug-likeness (QED) is 0.837. The fraction of sp³-hybridized carbons (Fsp3) is 0.692. The van der Waals surface area contributed by atoms with Crippen LogP contribution in [0, 0.1) is 6.92 Å². The van der Waals surface area contributed by atoms with Gasteiger partial charge in [-0.2, -0.15) is 0 Å². The Kier molecular flexibility index (Phi) is 2.84. The summed E-state index contributed by atoms with van der Waals surface area (Å²) in [4.78, 5) is 11.3. The molecule has 0 radical (unpaired) electrons. The number of piperidine rings is 1. The largest absolute Gasteiger partial charge is 0.326 e. The van der Waals surface area contributed by atoms with Gasteiger partial charge in [0.15, 0.2) is 0 Å². The minimum Gasteiger partial charge on any atom is -0.326 e. The number of hydrogen-bond acceptors (Lipinski definition) is 4. The first kappa shape index (κ1) is 11.1. The molecule has 2 unspecified atom stereocenters. The predicted molar refractivity (Wildman–Crippen MR) is 66.4 cm³/mol. The van der Waals surface area contributed by atoms with Crippen LogP contribution < -0.4 is 5.73 Å². The number of aromatic nitrogens is 2. The van der Waals surface area contributed by atoms with Crippen LogP contribution in [-0.4, -0.2) is 33.5 Å². The van der Waals surface area contributed by atoms with Crippen LogP contribution in [0.15, 0.2) is 12.3 Å². The maximum atomic E-state index is 6.31. The lowest BCUT2D eigenvalue weighted by Crippen LogP contribution is -2.47. The number of rotatable bonds is 2. The molecular weight excluding hydrogens is 212 g/mol. The zero-order valence-electron chi connectivity index (χ0n) is 10.3. The van der Waals surface area contributed by atoms with Gasteiger partial charge in [0.25, 0.3) is 0 Å². The number of nitrogens with two attached hydrogens (primary N) is 1. The van der Waals surface area contributed by atoms with Gasteiger partial charge in [0, 0.05) is 18.3 Å². The Balaban J connectivity index is 1.90. The minimum absolute atomic E-state index is 0.221. The second-order valence-corrected chi connectivity index (χ2v) is 5.25. The maximum Gasteiger partial charge on any atom is 0.125 e. The van der Waals surface area contributed by atoms with E-state index in [1.807, 2.05) is 19.2 Å². The summed E-state index contributed by atoms with van der Waals surface area (Å²) in [5.74, 6) is 0.844. The molecule has 17 heavy (non-hydrogen) atoms. The van der Waals surface area contributed by atoms with Crippen LogP contribution in [0.4, 0.5) is 0 Å². The summed E-state index contributed by atoms with van der Waals surface area (Å²) in [7, 11) is 0. The van der Waals surface area contributed by atoms with E-state index in [2.05, 4.69) is 14.9 Å². The Labute approximate surface area is 102 Å². The molecule has 1 aromatic heterocycles. The third kappa shape index (κ3) is 2.19. The number of aryl methyl sites for hydroxylation is 1. The average molecular weight is 232 g/mol. The first-order chi connectivity index (χ1) is 8.25. The first-order valence-electron chi connectivity index (χ1n) is 6.56. The molecule has 4 heteroatoms. The highest BCUT2D eigenvalue weighted by atomic mass is 15.2. The summed E-state index contributed by atoms with van der Waals surface area (Å²) >= 11 is 0. The zero-order valence-corrected chi connectivity index (χ0v) is 10.3. The number of likely N-dealkylation sites (tertiary alicyclic amines) is 1. The van der Waals surface area contributed by atoms with E-state index in [9.17, 15) is 0 Å². The number of nitrogens with zero attached hydrogens (tertiary/aromatic N) is 3. The van der Waals surface area contributed by atoms with E-state index in [0.29, 0.717) is 6.04 Å². The molecule has 1 aromatic rings. The second kappa shape index (κ2) is 4.35. The molecular formula is C13H20N4. The lowest BCUT2D eigenvalue weighted by Gasteiger charge is -2.39. The Morgan fingerprint density at radius 2 is 2.18 bits per heavy atom. The van der Waals surface area contributed by atoms with Gasteiger partial charge >= 0.3 is 0 Å². The third-order valence-electron chi connectivity index (χ3n) is 3.83. The van der Waals surface area contributed by atoms with E-state index in [-0.39, 0.29) is 6.04 Å². The van der Waals surface area contributed by atoms with Gasteiger partial charge < -0.3 is 5.73 Å². The van der Waals surface area contributed by atoms with E-state index < -0.39 is 0 Å². The van der Waals surface area contributed by atoms with Crippen molar-refractivity contribution in [1.82, 2.24) is 14.9 Å². The Bertz CT molecular complexity index is 402. The van der Waals surface area contributed by atoms with Crippen LogP contribution in [0.5, 0.6) is 0 Å². The summed E-state index contributed by atoms with van der Waals surface area (Å²) in [6.07, 6.45) is 6.83. The van der Waals surface area contributed by atoms with E-state index in [0.717, 1.165) is 24.0 Å². The van der Waals surface area contributed by atoms with Crippen LogP contribution >= 0.6 is 0 Å². The Morgan fingerprint density at radius 1 is 1.35 bits per heavy atom. The van der Waals surface area contributed by atoms with Crippen molar-refractivity contribution in [2.24, 2.45) is 5.73 Å². The van der Waals surface area contributed by atoms with Crippen LogP contribution in [0.25, 0.3) is 0 Å². The van der Waals surface area contributed by atoms with Crippen molar-refractivity contribution < 1.29 is 0 Å².